The zero-order valence-electron chi connectivity index (χ0n) is 19.6. The third kappa shape index (κ3) is 4.85. The van der Waals surface area contributed by atoms with Crippen LogP contribution in [0.25, 0.3) is 0 Å². The van der Waals surface area contributed by atoms with Gasteiger partial charge in [-0.2, -0.15) is 4.31 Å². The number of rotatable bonds is 7. The van der Waals surface area contributed by atoms with Crippen LogP contribution in [-0.4, -0.2) is 47.9 Å². The van der Waals surface area contributed by atoms with Crippen LogP contribution < -0.4 is 10.1 Å². The van der Waals surface area contributed by atoms with Crippen molar-refractivity contribution in [2.24, 2.45) is 7.05 Å². The molecule has 1 N–H and O–H groups in total. The zero-order valence-corrected chi connectivity index (χ0v) is 20.5. The van der Waals surface area contributed by atoms with Crippen LogP contribution in [0.3, 0.4) is 0 Å². The average molecular weight is 483 g/mol. The summed E-state index contributed by atoms with van der Waals surface area (Å²) in [4.78, 5) is 17.8. The minimum Gasteiger partial charge on any atom is -0.497 e. The summed E-state index contributed by atoms with van der Waals surface area (Å²) in [6.07, 6.45) is 6.25. The van der Waals surface area contributed by atoms with Gasteiger partial charge in [-0.3, -0.25) is 4.79 Å². The van der Waals surface area contributed by atoms with Crippen LogP contribution in [0.15, 0.2) is 65.8 Å². The Morgan fingerprint density at radius 2 is 1.94 bits per heavy atom. The van der Waals surface area contributed by atoms with Gasteiger partial charge in [0.15, 0.2) is 0 Å². The molecule has 1 saturated heterocycles. The van der Waals surface area contributed by atoms with Gasteiger partial charge in [0, 0.05) is 37.6 Å². The molecule has 1 fully saturated rings. The molecular formula is C25H30N4O4S. The molecule has 2 aromatic carbocycles. The smallest absolute Gasteiger partial charge is 0.252 e. The molecule has 8 nitrogen and oxygen atoms in total. The molecule has 0 bridgehead atoms. The fourth-order valence-electron chi connectivity index (χ4n) is 4.33. The summed E-state index contributed by atoms with van der Waals surface area (Å²) in [5.74, 6) is 1.01. The van der Waals surface area contributed by atoms with E-state index in [4.69, 9.17) is 4.74 Å². The van der Waals surface area contributed by atoms with Gasteiger partial charge in [0.05, 0.1) is 12.0 Å². The molecule has 9 heteroatoms. The van der Waals surface area contributed by atoms with Crippen LogP contribution in [0.2, 0.25) is 0 Å². The van der Waals surface area contributed by atoms with Gasteiger partial charge < -0.3 is 14.6 Å². The maximum atomic E-state index is 13.2. The Hall–Kier alpha value is -3.17. The molecule has 1 aromatic heterocycles. The van der Waals surface area contributed by atoms with E-state index < -0.39 is 16.1 Å². The number of ether oxygens (including phenoxy) is 1. The molecule has 2 heterocycles. The lowest BCUT2D eigenvalue weighted by Crippen LogP contribution is -2.41. The summed E-state index contributed by atoms with van der Waals surface area (Å²) in [5, 5.41) is 3.04. The highest BCUT2D eigenvalue weighted by Crippen LogP contribution is 2.27. The molecule has 4 rings (SSSR count). The number of carbonyl (C=O) groups is 1. The van der Waals surface area contributed by atoms with Gasteiger partial charge in [-0.1, -0.05) is 18.6 Å². The normalized spacial score (nSPS) is 17.8. The summed E-state index contributed by atoms with van der Waals surface area (Å²) in [5.41, 5.74) is 1.19. The van der Waals surface area contributed by atoms with Crippen LogP contribution in [0, 0.1) is 0 Å². The Kier molecular flexibility index (Phi) is 7.04. The molecule has 0 saturated carbocycles. The SMILES string of the molecule is COc1cccc(C(NC(=O)c2ccc(S(=O)(=O)N3CCCCC3C)cc2)c2nccn2C)c1. The summed E-state index contributed by atoms with van der Waals surface area (Å²) < 4.78 is 34.9. The van der Waals surface area contributed by atoms with Crippen molar-refractivity contribution in [3.63, 3.8) is 0 Å². The van der Waals surface area contributed by atoms with Crippen molar-refractivity contribution >= 4 is 15.9 Å². The number of aryl methyl sites for hydroxylation is 1. The van der Waals surface area contributed by atoms with E-state index in [2.05, 4.69) is 10.3 Å². The first kappa shape index (κ1) is 24.0. The molecule has 0 spiro atoms. The van der Waals surface area contributed by atoms with Gasteiger partial charge in [0.1, 0.15) is 17.6 Å². The van der Waals surface area contributed by atoms with Crippen molar-refractivity contribution in [2.75, 3.05) is 13.7 Å². The molecule has 0 radical (unpaired) electrons. The number of benzene rings is 2. The first-order valence-corrected chi connectivity index (χ1v) is 12.8. The monoisotopic (exact) mass is 482 g/mol. The standard InChI is InChI=1S/C25H30N4O4S/c1-18-7-4-5-15-29(18)34(31,32)22-12-10-19(11-13-22)25(30)27-23(24-26-14-16-28(24)2)20-8-6-9-21(17-20)33-3/h6,8-14,16-18,23H,4-5,7,15H2,1-3H3,(H,27,30). The van der Waals surface area contributed by atoms with Gasteiger partial charge in [-0.05, 0) is 61.7 Å². The third-order valence-corrected chi connectivity index (χ3v) is 8.31. The number of methoxy groups -OCH3 is 1. The third-order valence-electron chi connectivity index (χ3n) is 6.28. The Morgan fingerprint density at radius 1 is 1.18 bits per heavy atom. The molecular weight excluding hydrogens is 452 g/mol. The Labute approximate surface area is 200 Å². The first-order chi connectivity index (χ1) is 16.3. The molecule has 2 atom stereocenters. The number of amides is 1. The zero-order chi connectivity index (χ0) is 24.3. The van der Waals surface area contributed by atoms with Gasteiger partial charge in [-0.15, -0.1) is 0 Å². The second-order valence-electron chi connectivity index (χ2n) is 8.56. The maximum Gasteiger partial charge on any atom is 0.252 e. The highest BCUT2D eigenvalue weighted by atomic mass is 32.2. The van der Waals surface area contributed by atoms with Crippen molar-refractivity contribution in [2.45, 2.75) is 43.2 Å². The van der Waals surface area contributed by atoms with E-state index in [1.165, 1.54) is 12.1 Å². The highest BCUT2D eigenvalue weighted by Gasteiger charge is 2.31. The van der Waals surface area contributed by atoms with Crippen molar-refractivity contribution in [3.05, 3.63) is 77.9 Å². The van der Waals surface area contributed by atoms with Crippen molar-refractivity contribution in [1.29, 1.82) is 0 Å². The van der Waals surface area contributed by atoms with Gasteiger partial charge in [0.25, 0.3) is 5.91 Å². The second-order valence-corrected chi connectivity index (χ2v) is 10.5. The Morgan fingerprint density at radius 3 is 2.59 bits per heavy atom. The van der Waals surface area contributed by atoms with E-state index in [1.807, 2.05) is 49.0 Å². The number of aromatic nitrogens is 2. The molecule has 3 aromatic rings. The topological polar surface area (TPSA) is 93.5 Å². The average Bonchev–Trinajstić information content (AvgIpc) is 3.28. The lowest BCUT2D eigenvalue weighted by atomic mass is 10.0. The van der Waals surface area contributed by atoms with Crippen LogP contribution in [0.4, 0.5) is 0 Å². The quantitative estimate of drug-likeness (QED) is 0.556. The molecule has 180 valence electrons. The number of hydrogen-bond donors (Lipinski definition) is 1. The summed E-state index contributed by atoms with van der Waals surface area (Å²) in [7, 11) is -0.139. The van der Waals surface area contributed by atoms with Gasteiger partial charge in [-0.25, -0.2) is 13.4 Å². The summed E-state index contributed by atoms with van der Waals surface area (Å²) >= 11 is 0. The van der Waals surface area contributed by atoms with Crippen LogP contribution >= 0.6 is 0 Å². The Bertz CT molecular complexity index is 1250. The molecule has 34 heavy (non-hydrogen) atoms. The number of sulfonamides is 1. The van der Waals surface area contributed by atoms with E-state index in [0.717, 1.165) is 24.8 Å². The molecule has 1 aliphatic heterocycles. The van der Waals surface area contributed by atoms with E-state index in [9.17, 15) is 13.2 Å². The van der Waals surface area contributed by atoms with Gasteiger partial charge in [0.2, 0.25) is 10.0 Å². The van der Waals surface area contributed by atoms with Crippen molar-refractivity contribution in [3.8, 4) is 5.75 Å². The minimum absolute atomic E-state index is 0.0249. The number of nitrogens with zero attached hydrogens (tertiary/aromatic N) is 3. The lowest BCUT2D eigenvalue weighted by Gasteiger charge is -2.32. The fraction of sp³-hybridized carbons (Fsp3) is 0.360. The number of piperidine rings is 1. The first-order valence-electron chi connectivity index (χ1n) is 11.3. The highest BCUT2D eigenvalue weighted by molar-refractivity contribution is 7.89. The van der Waals surface area contributed by atoms with Crippen LogP contribution in [-0.2, 0) is 17.1 Å². The van der Waals surface area contributed by atoms with Crippen LogP contribution in [0.1, 0.15) is 54.0 Å². The van der Waals surface area contributed by atoms with E-state index >= 15 is 0 Å². The summed E-state index contributed by atoms with van der Waals surface area (Å²) in [6.45, 7) is 2.46. The predicted octanol–water partition coefficient (Wildman–Crippen LogP) is 3.51. The number of nitrogens with one attached hydrogen (secondary N) is 1. The lowest BCUT2D eigenvalue weighted by molar-refractivity contribution is 0.0941. The maximum absolute atomic E-state index is 13.2. The molecule has 0 aliphatic carbocycles. The minimum atomic E-state index is -3.59. The van der Waals surface area contributed by atoms with E-state index in [0.29, 0.717) is 23.7 Å². The van der Waals surface area contributed by atoms with E-state index in [1.54, 1.807) is 29.7 Å². The fourth-order valence-corrected chi connectivity index (χ4v) is 6.03. The largest absolute Gasteiger partial charge is 0.497 e. The van der Waals surface area contributed by atoms with Crippen molar-refractivity contribution < 1.29 is 17.9 Å². The van der Waals surface area contributed by atoms with Crippen molar-refractivity contribution in [1.82, 2.24) is 19.2 Å². The molecule has 1 aliphatic rings. The number of carbonyl (C=O) groups excluding carboxylic acids is 1. The molecule has 2 unspecified atom stereocenters. The number of hydrogen-bond acceptors (Lipinski definition) is 5. The predicted molar refractivity (Wildman–Crippen MR) is 129 cm³/mol. The Balaban J connectivity index is 1.58. The van der Waals surface area contributed by atoms with E-state index in [-0.39, 0.29) is 16.8 Å². The van der Waals surface area contributed by atoms with Gasteiger partial charge >= 0.3 is 0 Å². The molecule has 1 amide bonds. The summed E-state index contributed by atoms with van der Waals surface area (Å²) in [6, 6.07) is 13.0. The number of imidazole rings is 1. The van der Waals surface area contributed by atoms with Crippen LogP contribution in [0.5, 0.6) is 5.75 Å². The second kappa shape index (κ2) is 9.99.